The molecule has 1 aromatic heterocycles. The summed E-state index contributed by atoms with van der Waals surface area (Å²) in [5.41, 5.74) is 1.12. The fraction of sp³-hybridized carbons (Fsp3) is 0.786. The molecule has 0 spiro atoms. The zero-order chi connectivity index (χ0) is 14.4. The zero-order valence-corrected chi connectivity index (χ0v) is 13.5. The second kappa shape index (κ2) is 7.88. The van der Waals surface area contributed by atoms with E-state index in [4.69, 9.17) is 11.6 Å². The van der Waals surface area contributed by atoms with Gasteiger partial charge in [-0.15, -0.1) is 0 Å². The van der Waals surface area contributed by atoms with Gasteiger partial charge in [0.25, 0.3) is 0 Å². The quantitative estimate of drug-likeness (QED) is 0.797. The van der Waals surface area contributed by atoms with Crippen LogP contribution in [0.15, 0.2) is 6.20 Å². The number of nitrogens with zero attached hydrogens (tertiary/aromatic N) is 3. The number of hydrogen-bond acceptors (Lipinski definition) is 3. The fourth-order valence-corrected chi connectivity index (χ4v) is 2.39. The summed E-state index contributed by atoms with van der Waals surface area (Å²) in [5.74, 6) is 0. The number of nitrogens with one attached hydrogen (secondary N) is 1. The van der Waals surface area contributed by atoms with E-state index in [1.807, 2.05) is 4.68 Å². The molecule has 19 heavy (non-hydrogen) atoms. The second-order valence-electron chi connectivity index (χ2n) is 5.51. The smallest absolute Gasteiger partial charge is 0.0834 e. The topological polar surface area (TPSA) is 33.1 Å². The van der Waals surface area contributed by atoms with Crippen LogP contribution in [0.1, 0.15) is 51.4 Å². The summed E-state index contributed by atoms with van der Waals surface area (Å²) in [6, 6.07) is 0.590. The first-order valence-corrected chi connectivity index (χ1v) is 7.46. The molecule has 0 aliphatic carbocycles. The van der Waals surface area contributed by atoms with Crippen LogP contribution < -0.4 is 5.32 Å². The Balaban J connectivity index is 2.91. The fourth-order valence-electron chi connectivity index (χ4n) is 2.13. The number of hydrogen-bond donors (Lipinski definition) is 1. The summed E-state index contributed by atoms with van der Waals surface area (Å²) in [7, 11) is 4.19. The maximum atomic E-state index is 6.34. The van der Waals surface area contributed by atoms with Gasteiger partial charge in [0, 0.05) is 6.04 Å². The van der Waals surface area contributed by atoms with Gasteiger partial charge in [-0.25, -0.2) is 0 Å². The van der Waals surface area contributed by atoms with Crippen LogP contribution in [0.2, 0.25) is 5.02 Å². The van der Waals surface area contributed by atoms with Crippen molar-refractivity contribution in [2.45, 2.75) is 45.7 Å². The summed E-state index contributed by atoms with van der Waals surface area (Å²) < 4.78 is 2.03. The first-order valence-electron chi connectivity index (χ1n) is 7.08. The first kappa shape index (κ1) is 16.5. The van der Waals surface area contributed by atoms with Crippen molar-refractivity contribution >= 4 is 11.6 Å². The van der Waals surface area contributed by atoms with Crippen LogP contribution >= 0.6 is 11.6 Å². The lowest BCUT2D eigenvalue weighted by atomic mass is 10.1. The van der Waals surface area contributed by atoms with Gasteiger partial charge in [-0.3, -0.25) is 4.68 Å². The summed E-state index contributed by atoms with van der Waals surface area (Å²) in [5, 5.41) is 8.76. The highest BCUT2D eigenvalue weighted by Crippen LogP contribution is 2.27. The molecule has 0 saturated carbocycles. The Morgan fingerprint density at radius 3 is 2.63 bits per heavy atom. The molecule has 1 heterocycles. The molecule has 0 saturated heterocycles. The standard InChI is InChI=1S/C14H27ClN4/c1-6-8-16-13(7-9-18(4)5)14-12(15)10-17-19(14)11(2)3/h10-11,13,16H,6-9H2,1-5H3. The van der Waals surface area contributed by atoms with Crippen LogP contribution in [-0.2, 0) is 0 Å². The third-order valence-electron chi connectivity index (χ3n) is 3.11. The third-order valence-corrected chi connectivity index (χ3v) is 3.40. The molecule has 1 aromatic rings. The van der Waals surface area contributed by atoms with E-state index in [9.17, 15) is 0 Å². The van der Waals surface area contributed by atoms with Crippen LogP contribution in [0.5, 0.6) is 0 Å². The normalized spacial score (nSPS) is 13.5. The van der Waals surface area contributed by atoms with Gasteiger partial charge in [-0.2, -0.15) is 5.10 Å². The Morgan fingerprint density at radius 1 is 1.42 bits per heavy atom. The van der Waals surface area contributed by atoms with E-state index in [-0.39, 0.29) is 6.04 Å². The molecule has 1 atom stereocenters. The van der Waals surface area contributed by atoms with E-state index in [1.165, 1.54) is 0 Å². The molecule has 1 rings (SSSR count). The monoisotopic (exact) mass is 286 g/mol. The maximum absolute atomic E-state index is 6.34. The van der Waals surface area contributed by atoms with Crippen LogP contribution in [-0.4, -0.2) is 41.9 Å². The van der Waals surface area contributed by atoms with Gasteiger partial charge < -0.3 is 10.2 Å². The molecule has 1 N–H and O–H groups in total. The highest BCUT2D eigenvalue weighted by Gasteiger charge is 2.21. The summed E-state index contributed by atoms with van der Waals surface area (Å²) >= 11 is 6.34. The van der Waals surface area contributed by atoms with Gasteiger partial charge in [-0.1, -0.05) is 18.5 Å². The highest BCUT2D eigenvalue weighted by molar-refractivity contribution is 6.31. The van der Waals surface area contributed by atoms with Gasteiger partial charge in [0.1, 0.15) is 0 Å². The Bertz CT molecular complexity index is 374. The van der Waals surface area contributed by atoms with Crippen molar-refractivity contribution in [1.29, 1.82) is 0 Å². The van der Waals surface area contributed by atoms with E-state index in [0.717, 1.165) is 36.6 Å². The average Bonchev–Trinajstić information content (AvgIpc) is 2.71. The van der Waals surface area contributed by atoms with Crippen LogP contribution in [0.4, 0.5) is 0 Å². The number of aromatic nitrogens is 2. The molecule has 1 unspecified atom stereocenters. The van der Waals surface area contributed by atoms with Crippen molar-refractivity contribution in [2.75, 3.05) is 27.2 Å². The molecular weight excluding hydrogens is 260 g/mol. The minimum atomic E-state index is 0.264. The molecular formula is C14H27ClN4. The van der Waals surface area contributed by atoms with Gasteiger partial charge >= 0.3 is 0 Å². The lowest BCUT2D eigenvalue weighted by molar-refractivity contribution is 0.347. The van der Waals surface area contributed by atoms with E-state index in [1.54, 1.807) is 6.20 Å². The van der Waals surface area contributed by atoms with E-state index in [2.05, 4.69) is 50.2 Å². The Hall–Kier alpha value is -0.580. The molecule has 110 valence electrons. The summed E-state index contributed by atoms with van der Waals surface area (Å²) in [6.45, 7) is 8.47. The van der Waals surface area contributed by atoms with Gasteiger partial charge in [0.15, 0.2) is 0 Å². The number of halogens is 1. The average molecular weight is 287 g/mol. The van der Waals surface area contributed by atoms with Crippen LogP contribution in [0, 0.1) is 0 Å². The van der Waals surface area contributed by atoms with E-state index < -0.39 is 0 Å². The minimum Gasteiger partial charge on any atom is -0.309 e. The highest BCUT2D eigenvalue weighted by atomic mass is 35.5. The Kier molecular flexibility index (Phi) is 6.83. The SMILES string of the molecule is CCCNC(CCN(C)C)c1c(Cl)cnn1C(C)C. The van der Waals surface area contributed by atoms with Gasteiger partial charge in [0.05, 0.1) is 23.0 Å². The van der Waals surface area contributed by atoms with Gasteiger partial charge in [-0.05, 0) is 53.9 Å². The largest absolute Gasteiger partial charge is 0.309 e. The van der Waals surface area contributed by atoms with Gasteiger partial charge in [0.2, 0.25) is 0 Å². The van der Waals surface area contributed by atoms with E-state index in [0.29, 0.717) is 6.04 Å². The molecule has 5 heteroatoms. The Labute approximate surface area is 122 Å². The minimum absolute atomic E-state index is 0.264. The van der Waals surface area contributed by atoms with Crippen molar-refractivity contribution in [3.05, 3.63) is 16.9 Å². The maximum Gasteiger partial charge on any atom is 0.0834 e. The molecule has 0 aliphatic heterocycles. The molecule has 0 aliphatic rings. The van der Waals surface area contributed by atoms with Crippen molar-refractivity contribution in [1.82, 2.24) is 20.0 Å². The molecule has 0 fully saturated rings. The number of rotatable bonds is 8. The third kappa shape index (κ3) is 4.79. The molecule has 0 aromatic carbocycles. The lowest BCUT2D eigenvalue weighted by Crippen LogP contribution is -2.29. The Morgan fingerprint density at radius 2 is 2.11 bits per heavy atom. The van der Waals surface area contributed by atoms with Crippen LogP contribution in [0.3, 0.4) is 0 Å². The van der Waals surface area contributed by atoms with Crippen molar-refractivity contribution < 1.29 is 0 Å². The summed E-state index contributed by atoms with van der Waals surface area (Å²) in [4.78, 5) is 2.20. The molecule has 0 radical (unpaired) electrons. The van der Waals surface area contributed by atoms with Crippen molar-refractivity contribution in [3.8, 4) is 0 Å². The predicted molar refractivity (Wildman–Crippen MR) is 81.8 cm³/mol. The first-order chi connectivity index (χ1) is 8.97. The zero-order valence-electron chi connectivity index (χ0n) is 12.8. The second-order valence-corrected chi connectivity index (χ2v) is 5.92. The predicted octanol–water partition coefficient (Wildman–Crippen LogP) is 3.11. The van der Waals surface area contributed by atoms with Crippen LogP contribution in [0.25, 0.3) is 0 Å². The lowest BCUT2D eigenvalue weighted by Gasteiger charge is -2.23. The van der Waals surface area contributed by atoms with E-state index >= 15 is 0 Å². The van der Waals surface area contributed by atoms with Crippen molar-refractivity contribution in [3.63, 3.8) is 0 Å². The van der Waals surface area contributed by atoms with Crippen molar-refractivity contribution in [2.24, 2.45) is 0 Å². The molecule has 0 amide bonds. The summed E-state index contributed by atoms with van der Waals surface area (Å²) in [6.07, 6.45) is 3.91. The molecule has 4 nitrogen and oxygen atoms in total. The molecule has 0 bridgehead atoms.